The molecule has 0 aliphatic carbocycles. The molecule has 1 aliphatic heterocycles. The zero-order valence-corrected chi connectivity index (χ0v) is 10.1. The second-order valence-corrected chi connectivity index (χ2v) is 5.32. The van der Waals surface area contributed by atoms with Gasteiger partial charge in [-0.15, -0.1) is 11.3 Å². The minimum Gasteiger partial charge on any atom is -0.309 e. The first kappa shape index (κ1) is 10.00. The number of aromatic nitrogens is 1. The summed E-state index contributed by atoms with van der Waals surface area (Å²) < 4.78 is 0. The molecule has 3 heteroatoms. The Morgan fingerprint density at radius 1 is 1.31 bits per heavy atom. The van der Waals surface area contributed by atoms with Gasteiger partial charge in [0.1, 0.15) is 5.01 Å². The second kappa shape index (κ2) is 4.00. The number of nitrogens with zero attached hydrogens (tertiary/aromatic N) is 1. The van der Waals surface area contributed by atoms with Gasteiger partial charge in [0.2, 0.25) is 0 Å². The molecule has 3 rings (SSSR count). The Kier molecular flexibility index (Phi) is 2.50. The third kappa shape index (κ3) is 1.77. The molecule has 1 unspecified atom stereocenters. The largest absolute Gasteiger partial charge is 0.309 e. The van der Waals surface area contributed by atoms with Crippen LogP contribution in [-0.2, 0) is 13.0 Å². The molecule has 2 aromatic rings. The van der Waals surface area contributed by atoms with E-state index in [0.717, 1.165) is 18.0 Å². The molecule has 0 saturated heterocycles. The van der Waals surface area contributed by atoms with Gasteiger partial charge in [0, 0.05) is 29.4 Å². The van der Waals surface area contributed by atoms with Gasteiger partial charge in [0.05, 0.1) is 5.69 Å². The van der Waals surface area contributed by atoms with Crippen molar-refractivity contribution in [2.24, 2.45) is 0 Å². The van der Waals surface area contributed by atoms with E-state index < -0.39 is 0 Å². The molecule has 0 amide bonds. The highest BCUT2D eigenvalue weighted by Crippen LogP contribution is 2.30. The molecule has 0 bridgehead atoms. The highest BCUT2D eigenvalue weighted by Gasteiger charge is 2.19. The van der Waals surface area contributed by atoms with E-state index in [2.05, 4.69) is 36.5 Å². The Morgan fingerprint density at radius 2 is 2.12 bits per heavy atom. The molecule has 16 heavy (non-hydrogen) atoms. The monoisotopic (exact) mass is 230 g/mol. The van der Waals surface area contributed by atoms with E-state index in [0.29, 0.717) is 6.04 Å². The standard InChI is InChI=1S/C13H14N2S/c1-9-7-11-12(8-14-9)16-13(15-11)10-5-3-2-4-6-10/h2-6,9,14H,7-8H2,1H3. The number of rotatable bonds is 1. The minimum absolute atomic E-state index is 0.554. The number of nitrogens with one attached hydrogen (secondary N) is 1. The van der Waals surface area contributed by atoms with Gasteiger partial charge < -0.3 is 5.32 Å². The first-order chi connectivity index (χ1) is 7.83. The van der Waals surface area contributed by atoms with Gasteiger partial charge in [-0.05, 0) is 6.92 Å². The molecule has 82 valence electrons. The fraction of sp³-hybridized carbons (Fsp3) is 0.308. The topological polar surface area (TPSA) is 24.9 Å². The van der Waals surface area contributed by atoms with Gasteiger partial charge in [0.25, 0.3) is 0 Å². The smallest absolute Gasteiger partial charge is 0.123 e. The first-order valence-electron chi connectivity index (χ1n) is 5.60. The van der Waals surface area contributed by atoms with Crippen LogP contribution in [0.15, 0.2) is 30.3 Å². The summed E-state index contributed by atoms with van der Waals surface area (Å²) in [6.45, 7) is 3.19. The highest BCUT2D eigenvalue weighted by atomic mass is 32.1. The zero-order valence-electron chi connectivity index (χ0n) is 9.23. The van der Waals surface area contributed by atoms with Crippen molar-refractivity contribution in [2.45, 2.75) is 25.9 Å². The summed E-state index contributed by atoms with van der Waals surface area (Å²) in [5, 5.41) is 4.63. The summed E-state index contributed by atoms with van der Waals surface area (Å²) >= 11 is 1.82. The lowest BCUT2D eigenvalue weighted by molar-refractivity contribution is 0.513. The van der Waals surface area contributed by atoms with Gasteiger partial charge in [-0.25, -0.2) is 4.98 Å². The Morgan fingerprint density at radius 3 is 2.94 bits per heavy atom. The predicted octanol–water partition coefficient (Wildman–Crippen LogP) is 2.84. The predicted molar refractivity (Wildman–Crippen MR) is 67.6 cm³/mol. The fourth-order valence-electron chi connectivity index (χ4n) is 2.01. The van der Waals surface area contributed by atoms with Crippen molar-refractivity contribution in [3.05, 3.63) is 40.9 Å². The lowest BCUT2D eigenvalue weighted by Gasteiger charge is -2.18. The van der Waals surface area contributed by atoms with E-state index in [4.69, 9.17) is 4.98 Å². The van der Waals surface area contributed by atoms with Gasteiger partial charge in [-0.2, -0.15) is 0 Å². The maximum absolute atomic E-state index is 4.75. The highest BCUT2D eigenvalue weighted by molar-refractivity contribution is 7.15. The Balaban J connectivity index is 1.99. The normalized spacial score (nSPS) is 19.4. The zero-order chi connectivity index (χ0) is 11.0. The maximum atomic E-state index is 4.75. The summed E-state index contributed by atoms with van der Waals surface area (Å²) in [5.74, 6) is 0. The molecule has 1 N–H and O–H groups in total. The van der Waals surface area contributed by atoms with Crippen molar-refractivity contribution < 1.29 is 0 Å². The van der Waals surface area contributed by atoms with Crippen LogP contribution in [0.3, 0.4) is 0 Å². The third-order valence-electron chi connectivity index (χ3n) is 2.91. The van der Waals surface area contributed by atoms with Crippen LogP contribution in [0.1, 0.15) is 17.5 Å². The van der Waals surface area contributed by atoms with E-state index in [1.165, 1.54) is 16.1 Å². The number of hydrogen-bond acceptors (Lipinski definition) is 3. The molecule has 1 aromatic heterocycles. The van der Waals surface area contributed by atoms with Gasteiger partial charge in [0.15, 0.2) is 0 Å². The summed E-state index contributed by atoms with van der Waals surface area (Å²) in [6.07, 6.45) is 1.05. The fourth-order valence-corrected chi connectivity index (χ4v) is 3.06. The Labute approximate surface area is 99.4 Å². The van der Waals surface area contributed by atoms with Gasteiger partial charge in [-0.3, -0.25) is 0 Å². The lowest BCUT2D eigenvalue weighted by Crippen LogP contribution is -2.32. The Bertz CT molecular complexity index is 490. The van der Waals surface area contributed by atoms with Crippen molar-refractivity contribution in [2.75, 3.05) is 0 Å². The number of hydrogen-bond donors (Lipinski definition) is 1. The van der Waals surface area contributed by atoms with Crippen molar-refractivity contribution in [1.29, 1.82) is 0 Å². The number of benzene rings is 1. The van der Waals surface area contributed by atoms with E-state index in [9.17, 15) is 0 Å². The average molecular weight is 230 g/mol. The molecular weight excluding hydrogens is 216 g/mol. The van der Waals surface area contributed by atoms with Crippen LogP contribution >= 0.6 is 11.3 Å². The van der Waals surface area contributed by atoms with E-state index in [1.54, 1.807) is 0 Å². The number of thiazole rings is 1. The molecular formula is C13H14N2S. The van der Waals surface area contributed by atoms with Crippen LogP contribution in [0.4, 0.5) is 0 Å². The summed E-state index contributed by atoms with van der Waals surface area (Å²) in [6, 6.07) is 11.0. The molecule has 2 nitrogen and oxygen atoms in total. The van der Waals surface area contributed by atoms with Crippen molar-refractivity contribution in [3.8, 4) is 10.6 Å². The van der Waals surface area contributed by atoms with Gasteiger partial charge in [-0.1, -0.05) is 30.3 Å². The Hall–Kier alpha value is -1.19. The van der Waals surface area contributed by atoms with E-state index >= 15 is 0 Å². The maximum Gasteiger partial charge on any atom is 0.123 e. The van der Waals surface area contributed by atoms with Crippen molar-refractivity contribution in [3.63, 3.8) is 0 Å². The summed E-state index contributed by atoms with van der Waals surface area (Å²) in [7, 11) is 0. The van der Waals surface area contributed by atoms with Crippen LogP contribution in [0.5, 0.6) is 0 Å². The third-order valence-corrected chi connectivity index (χ3v) is 4.06. The van der Waals surface area contributed by atoms with Crippen LogP contribution in [0.25, 0.3) is 10.6 Å². The molecule has 0 radical (unpaired) electrons. The second-order valence-electron chi connectivity index (χ2n) is 4.24. The molecule has 1 atom stereocenters. The van der Waals surface area contributed by atoms with Crippen LogP contribution in [-0.4, -0.2) is 11.0 Å². The molecule has 2 heterocycles. The molecule has 1 aromatic carbocycles. The summed E-state index contributed by atoms with van der Waals surface area (Å²) in [4.78, 5) is 6.15. The summed E-state index contributed by atoms with van der Waals surface area (Å²) in [5.41, 5.74) is 2.52. The minimum atomic E-state index is 0.554. The van der Waals surface area contributed by atoms with Crippen LogP contribution in [0, 0.1) is 0 Å². The first-order valence-corrected chi connectivity index (χ1v) is 6.42. The molecule has 0 saturated carbocycles. The molecule has 0 spiro atoms. The number of fused-ring (bicyclic) bond motifs is 1. The molecule has 0 fully saturated rings. The van der Waals surface area contributed by atoms with Crippen LogP contribution in [0.2, 0.25) is 0 Å². The SMILES string of the molecule is CC1Cc2nc(-c3ccccc3)sc2CN1. The quantitative estimate of drug-likeness (QED) is 0.815. The van der Waals surface area contributed by atoms with Crippen molar-refractivity contribution >= 4 is 11.3 Å². The van der Waals surface area contributed by atoms with E-state index in [1.807, 2.05) is 17.4 Å². The van der Waals surface area contributed by atoms with Crippen LogP contribution < -0.4 is 5.32 Å². The molecule has 1 aliphatic rings. The average Bonchev–Trinajstić information content (AvgIpc) is 2.73. The lowest BCUT2D eigenvalue weighted by atomic mass is 10.1. The van der Waals surface area contributed by atoms with E-state index in [-0.39, 0.29) is 0 Å². The van der Waals surface area contributed by atoms with Gasteiger partial charge >= 0.3 is 0 Å². The van der Waals surface area contributed by atoms with Crippen molar-refractivity contribution in [1.82, 2.24) is 10.3 Å².